The zero-order valence-corrected chi connectivity index (χ0v) is 9.71. The van der Waals surface area contributed by atoms with E-state index in [1.54, 1.807) is 0 Å². The van der Waals surface area contributed by atoms with E-state index in [9.17, 15) is 14.7 Å². The molecule has 0 aromatic heterocycles. The van der Waals surface area contributed by atoms with Crippen LogP contribution in [0.25, 0.3) is 0 Å². The summed E-state index contributed by atoms with van der Waals surface area (Å²) >= 11 is 11.3. The van der Waals surface area contributed by atoms with Crippen molar-refractivity contribution in [2.45, 2.75) is 12.5 Å². The molecule has 0 unspecified atom stereocenters. The van der Waals surface area contributed by atoms with Gasteiger partial charge in [0.2, 0.25) is 11.4 Å². The Balaban J connectivity index is 3.20. The second-order valence-electron chi connectivity index (χ2n) is 3.36. The Morgan fingerprint density at radius 2 is 1.62 bits per heavy atom. The van der Waals surface area contributed by atoms with Gasteiger partial charge in [-0.25, -0.2) is 4.79 Å². The summed E-state index contributed by atoms with van der Waals surface area (Å²) < 4.78 is 0. The minimum Gasteiger partial charge on any atom is -0.479 e. The molecule has 0 aliphatic heterocycles. The van der Waals surface area contributed by atoms with Crippen molar-refractivity contribution in [3.63, 3.8) is 0 Å². The molecule has 86 valence electrons. The van der Waals surface area contributed by atoms with Gasteiger partial charge in [0, 0.05) is 15.6 Å². The van der Waals surface area contributed by atoms with Crippen LogP contribution in [0.15, 0.2) is 18.2 Å². The summed E-state index contributed by atoms with van der Waals surface area (Å²) in [5.41, 5.74) is -2.54. The smallest absolute Gasteiger partial charge is 0.343 e. The van der Waals surface area contributed by atoms with Crippen LogP contribution in [0.1, 0.15) is 17.3 Å². The third-order valence-electron chi connectivity index (χ3n) is 1.98. The summed E-state index contributed by atoms with van der Waals surface area (Å²) in [6.45, 7) is 0.895. The van der Waals surface area contributed by atoms with Gasteiger partial charge in [-0.3, -0.25) is 4.79 Å². The molecule has 0 radical (unpaired) electrons. The number of hydrogen-bond donors (Lipinski definition) is 2. The van der Waals surface area contributed by atoms with E-state index in [1.165, 1.54) is 18.2 Å². The number of carboxylic acids is 1. The number of rotatable bonds is 3. The van der Waals surface area contributed by atoms with Crippen molar-refractivity contribution in [3.8, 4) is 0 Å². The zero-order valence-electron chi connectivity index (χ0n) is 8.20. The number of Topliss-reactive ketones (excluding diaryl/α,β-unsaturated/α-hetero) is 1. The molecule has 1 aromatic rings. The van der Waals surface area contributed by atoms with Crippen LogP contribution in [-0.4, -0.2) is 27.6 Å². The van der Waals surface area contributed by atoms with Gasteiger partial charge in [0.05, 0.1) is 0 Å². The maximum atomic E-state index is 11.7. The van der Waals surface area contributed by atoms with Gasteiger partial charge in [-0.15, -0.1) is 0 Å². The third kappa shape index (κ3) is 2.52. The number of aliphatic hydroxyl groups is 1. The van der Waals surface area contributed by atoms with E-state index in [0.29, 0.717) is 0 Å². The molecule has 6 heteroatoms. The van der Waals surface area contributed by atoms with Gasteiger partial charge >= 0.3 is 5.97 Å². The van der Waals surface area contributed by atoms with Crippen LogP contribution in [0, 0.1) is 0 Å². The van der Waals surface area contributed by atoms with Crippen LogP contribution >= 0.6 is 23.2 Å². The van der Waals surface area contributed by atoms with Crippen LogP contribution in [0.3, 0.4) is 0 Å². The molecule has 0 saturated heterocycles. The number of hydrogen-bond acceptors (Lipinski definition) is 3. The molecule has 0 amide bonds. The lowest BCUT2D eigenvalue weighted by atomic mass is 9.95. The average Bonchev–Trinajstić information content (AvgIpc) is 2.14. The van der Waals surface area contributed by atoms with Crippen molar-refractivity contribution < 1.29 is 19.8 Å². The Hall–Kier alpha value is -1.10. The number of carbonyl (C=O) groups is 2. The number of carbonyl (C=O) groups excluding carboxylic acids is 1. The summed E-state index contributed by atoms with van der Waals surface area (Å²) in [7, 11) is 0. The highest BCUT2D eigenvalue weighted by Gasteiger charge is 2.39. The molecule has 1 aromatic carbocycles. The largest absolute Gasteiger partial charge is 0.479 e. The van der Waals surface area contributed by atoms with Crippen molar-refractivity contribution >= 4 is 35.0 Å². The highest BCUT2D eigenvalue weighted by Crippen LogP contribution is 2.22. The van der Waals surface area contributed by atoms with Gasteiger partial charge < -0.3 is 10.2 Å². The monoisotopic (exact) mass is 262 g/mol. The SMILES string of the molecule is C[C@](O)(C(=O)O)C(=O)c1cc(Cl)cc(Cl)c1. The number of halogens is 2. The molecule has 0 saturated carbocycles. The van der Waals surface area contributed by atoms with Crippen molar-refractivity contribution in [2.75, 3.05) is 0 Å². The van der Waals surface area contributed by atoms with Crippen molar-refractivity contribution in [1.82, 2.24) is 0 Å². The minimum atomic E-state index is -2.49. The van der Waals surface area contributed by atoms with E-state index in [1.807, 2.05) is 0 Å². The fraction of sp³-hybridized carbons (Fsp3) is 0.200. The Morgan fingerprint density at radius 1 is 1.19 bits per heavy atom. The third-order valence-corrected chi connectivity index (χ3v) is 2.42. The second kappa shape index (κ2) is 4.41. The van der Waals surface area contributed by atoms with Gasteiger partial charge in [0.15, 0.2) is 0 Å². The topological polar surface area (TPSA) is 74.6 Å². The standard InChI is InChI=1S/C10H8Cl2O4/c1-10(16,9(14)15)8(13)5-2-6(11)4-7(12)3-5/h2-4,16H,1H3,(H,14,15)/t10-/m1/s1. The van der Waals surface area contributed by atoms with Crippen LogP contribution in [0.2, 0.25) is 10.0 Å². The average molecular weight is 263 g/mol. The van der Waals surface area contributed by atoms with Gasteiger partial charge in [0.1, 0.15) is 0 Å². The summed E-state index contributed by atoms with van der Waals surface area (Å²) in [5.74, 6) is -2.60. The molecule has 0 heterocycles. The van der Waals surface area contributed by atoms with Crippen LogP contribution in [0.4, 0.5) is 0 Å². The molecule has 0 fully saturated rings. The molecule has 4 nitrogen and oxygen atoms in total. The minimum absolute atomic E-state index is 0.0510. The normalized spacial score (nSPS) is 14.2. The maximum Gasteiger partial charge on any atom is 0.343 e. The van der Waals surface area contributed by atoms with E-state index < -0.39 is 17.4 Å². The quantitative estimate of drug-likeness (QED) is 0.646. The van der Waals surface area contributed by atoms with E-state index in [-0.39, 0.29) is 15.6 Å². The van der Waals surface area contributed by atoms with Gasteiger partial charge in [-0.1, -0.05) is 23.2 Å². The predicted octanol–water partition coefficient (Wildman–Crippen LogP) is 2.01. The molecule has 1 atom stereocenters. The maximum absolute atomic E-state index is 11.7. The van der Waals surface area contributed by atoms with Gasteiger partial charge in [0.25, 0.3) is 0 Å². The lowest BCUT2D eigenvalue weighted by Crippen LogP contribution is -2.43. The molecular formula is C10H8Cl2O4. The number of benzene rings is 1. The molecule has 16 heavy (non-hydrogen) atoms. The first-order chi connectivity index (χ1) is 7.25. The van der Waals surface area contributed by atoms with Gasteiger partial charge in [-0.05, 0) is 25.1 Å². The number of ketones is 1. The van der Waals surface area contributed by atoms with E-state index >= 15 is 0 Å². The Kier molecular flexibility index (Phi) is 3.57. The van der Waals surface area contributed by atoms with Crippen LogP contribution < -0.4 is 0 Å². The number of aliphatic carboxylic acids is 1. The molecule has 1 rings (SSSR count). The first-order valence-electron chi connectivity index (χ1n) is 4.22. The fourth-order valence-electron chi connectivity index (χ4n) is 1.06. The lowest BCUT2D eigenvalue weighted by molar-refractivity contribution is -0.151. The van der Waals surface area contributed by atoms with Crippen LogP contribution in [-0.2, 0) is 4.79 Å². The summed E-state index contributed by atoms with van der Waals surface area (Å²) in [4.78, 5) is 22.3. The first kappa shape index (κ1) is 13.0. The van der Waals surface area contributed by atoms with Crippen molar-refractivity contribution in [2.24, 2.45) is 0 Å². The first-order valence-corrected chi connectivity index (χ1v) is 4.97. The molecule has 0 aliphatic carbocycles. The molecule has 0 spiro atoms. The fourth-order valence-corrected chi connectivity index (χ4v) is 1.59. The Morgan fingerprint density at radius 3 is 2.00 bits per heavy atom. The molecular weight excluding hydrogens is 255 g/mol. The van der Waals surface area contributed by atoms with Crippen LogP contribution in [0.5, 0.6) is 0 Å². The second-order valence-corrected chi connectivity index (χ2v) is 4.24. The lowest BCUT2D eigenvalue weighted by Gasteiger charge is -2.16. The summed E-state index contributed by atoms with van der Waals surface area (Å²) in [6.07, 6.45) is 0. The molecule has 2 N–H and O–H groups in total. The van der Waals surface area contributed by atoms with E-state index in [0.717, 1.165) is 6.92 Å². The highest BCUT2D eigenvalue weighted by atomic mass is 35.5. The van der Waals surface area contributed by atoms with Crippen molar-refractivity contribution in [3.05, 3.63) is 33.8 Å². The number of carboxylic acid groups (broad SMARTS) is 1. The molecule has 0 bridgehead atoms. The Labute approximate surface area is 101 Å². The highest BCUT2D eigenvalue weighted by molar-refractivity contribution is 6.35. The summed E-state index contributed by atoms with van der Waals surface area (Å²) in [6, 6.07) is 3.88. The predicted molar refractivity (Wildman–Crippen MR) is 59.1 cm³/mol. The van der Waals surface area contributed by atoms with E-state index in [2.05, 4.69) is 0 Å². The molecule has 0 aliphatic rings. The van der Waals surface area contributed by atoms with Crippen molar-refractivity contribution in [1.29, 1.82) is 0 Å². The Bertz CT molecular complexity index is 434. The van der Waals surface area contributed by atoms with E-state index in [4.69, 9.17) is 28.3 Å². The zero-order chi connectivity index (χ0) is 12.5. The van der Waals surface area contributed by atoms with Gasteiger partial charge in [-0.2, -0.15) is 0 Å². The summed E-state index contributed by atoms with van der Waals surface area (Å²) in [5, 5.41) is 18.5.